The molecule has 1 aromatic carbocycles. The molecule has 2 aromatic rings. The van der Waals surface area contributed by atoms with Crippen molar-refractivity contribution in [3.63, 3.8) is 0 Å². The third-order valence-corrected chi connectivity index (χ3v) is 2.30. The van der Waals surface area contributed by atoms with Gasteiger partial charge in [0.05, 0.1) is 12.8 Å². The van der Waals surface area contributed by atoms with Crippen LogP contribution in [0.5, 0.6) is 11.5 Å². The van der Waals surface area contributed by atoms with Gasteiger partial charge in [0.2, 0.25) is 5.82 Å². The van der Waals surface area contributed by atoms with Gasteiger partial charge in [0.1, 0.15) is 11.6 Å². The van der Waals surface area contributed by atoms with E-state index in [0.29, 0.717) is 11.4 Å². The fourth-order valence-electron chi connectivity index (χ4n) is 1.38. The van der Waals surface area contributed by atoms with E-state index in [-0.39, 0.29) is 17.1 Å². The normalized spacial score (nSPS) is 10.8. The Labute approximate surface area is 108 Å². The number of H-pyrrole nitrogens is 1. The molecule has 1 aromatic heterocycles. The Morgan fingerprint density at radius 1 is 1.58 bits per heavy atom. The average Bonchev–Trinajstić information content (AvgIpc) is 2.95. The standard InChI is InChI=1S/C11H10N6O2/c1-19-9-4-2-3-8(10(9)18)13-6-7(5-12)11-14-16-17-15-11/h2-4,6,13,18H,1H3,(H,14,15,16,17). The molecule has 0 spiro atoms. The van der Waals surface area contributed by atoms with Crippen molar-refractivity contribution in [2.24, 2.45) is 0 Å². The monoisotopic (exact) mass is 258 g/mol. The van der Waals surface area contributed by atoms with Gasteiger partial charge < -0.3 is 15.2 Å². The molecule has 0 aliphatic carbocycles. The molecule has 0 radical (unpaired) electrons. The first kappa shape index (κ1) is 12.4. The number of anilines is 1. The van der Waals surface area contributed by atoms with Crippen molar-refractivity contribution in [2.75, 3.05) is 12.4 Å². The summed E-state index contributed by atoms with van der Waals surface area (Å²) in [5, 5.41) is 34.6. The number of rotatable bonds is 4. The van der Waals surface area contributed by atoms with Crippen molar-refractivity contribution in [1.82, 2.24) is 20.6 Å². The Morgan fingerprint density at radius 3 is 3.05 bits per heavy atom. The van der Waals surface area contributed by atoms with Gasteiger partial charge in [0.25, 0.3) is 0 Å². The van der Waals surface area contributed by atoms with E-state index in [0.717, 1.165) is 0 Å². The van der Waals surface area contributed by atoms with Crippen LogP contribution in [0.1, 0.15) is 5.82 Å². The van der Waals surface area contributed by atoms with Gasteiger partial charge in [0, 0.05) is 6.20 Å². The van der Waals surface area contributed by atoms with Crippen LogP contribution in [0.2, 0.25) is 0 Å². The van der Waals surface area contributed by atoms with Crippen molar-refractivity contribution in [2.45, 2.75) is 0 Å². The first-order valence-corrected chi connectivity index (χ1v) is 5.23. The minimum absolute atomic E-state index is 0.0494. The second-order valence-corrected chi connectivity index (χ2v) is 3.41. The third kappa shape index (κ3) is 2.61. The van der Waals surface area contributed by atoms with Gasteiger partial charge in [-0.25, -0.2) is 0 Å². The van der Waals surface area contributed by atoms with Gasteiger partial charge in [-0.1, -0.05) is 6.07 Å². The number of allylic oxidation sites excluding steroid dienone is 1. The van der Waals surface area contributed by atoms with E-state index in [2.05, 4.69) is 25.9 Å². The Morgan fingerprint density at radius 2 is 2.42 bits per heavy atom. The number of nitrogens with zero attached hydrogens (tertiary/aromatic N) is 4. The molecule has 0 bridgehead atoms. The van der Waals surface area contributed by atoms with Crippen molar-refractivity contribution in [3.8, 4) is 17.6 Å². The average molecular weight is 258 g/mol. The summed E-state index contributed by atoms with van der Waals surface area (Å²) < 4.78 is 4.98. The zero-order chi connectivity index (χ0) is 13.7. The highest BCUT2D eigenvalue weighted by Crippen LogP contribution is 2.33. The number of hydrogen-bond donors (Lipinski definition) is 3. The number of tetrazole rings is 1. The highest BCUT2D eigenvalue weighted by molar-refractivity contribution is 5.75. The van der Waals surface area contributed by atoms with Crippen molar-refractivity contribution in [1.29, 1.82) is 5.26 Å². The lowest BCUT2D eigenvalue weighted by atomic mass is 10.2. The van der Waals surface area contributed by atoms with E-state index in [1.807, 2.05) is 6.07 Å². The van der Waals surface area contributed by atoms with Gasteiger partial charge in [-0.3, -0.25) is 0 Å². The van der Waals surface area contributed by atoms with Crippen LogP contribution in [0.25, 0.3) is 5.57 Å². The summed E-state index contributed by atoms with van der Waals surface area (Å²) in [6, 6.07) is 6.89. The maximum absolute atomic E-state index is 9.86. The molecule has 96 valence electrons. The predicted octanol–water partition coefficient (Wildman–Crippen LogP) is 0.890. The van der Waals surface area contributed by atoms with E-state index in [1.54, 1.807) is 18.2 Å². The van der Waals surface area contributed by atoms with Crippen LogP contribution in [0, 0.1) is 11.3 Å². The smallest absolute Gasteiger partial charge is 0.216 e. The molecular formula is C11H10N6O2. The van der Waals surface area contributed by atoms with Gasteiger partial charge in [-0.2, -0.15) is 10.5 Å². The van der Waals surface area contributed by atoms with Gasteiger partial charge in [-0.15, -0.1) is 10.2 Å². The highest BCUT2D eigenvalue weighted by Gasteiger charge is 2.08. The number of aromatic hydroxyl groups is 1. The zero-order valence-corrected chi connectivity index (χ0v) is 9.95. The summed E-state index contributed by atoms with van der Waals surface area (Å²) in [4.78, 5) is 0. The fraction of sp³-hybridized carbons (Fsp3) is 0.0909. The summed E-state index contributed by atoms with van der Waals surface area (Å²) in [6.07, 6.45) is 1.37. The Kier molecular flexibility index (Phi) is 3.59. The van der Waals surface area contributed by atoms with E-state index in [1.165, 1.54) is 13.3 Å². The van der Waals surface area contributed by atoms with Crippen LogP contribution >= 0.6 is 0 Å². The topological polar surface area (TPSA) is 120 Å². The Balaban J connectivity index is 2.25. The van der Waals surface area contributed by atoms with Crippen molar-refractivity contribution >= 4 is 11.3 Å². The molecule has 0 saturated carbocycles. The van der Waals surface area contributed by atoms with Crippen LogP contribution in [-0.4, -0.2) is 32.8 Å². The lowest BCUT2D eigenvalue weighted by Crippen LogP contribution is -1.94. The minimum atomic E-state index is -0.0494. The number of aromatic amines is 1. The molecule has 0 fully saturated rings. The molecular weight excluding hydrogens is 248 g/mol. The maximum atomic E-state index is 9.86. The number of phenols is 1. The number of aromatic nitrogens is 4. The quantitative estimate of drug-likeness (QED) is 0.550. The number of nitriles is 1. The third-order valence-electron chi connectivity index (χ3n) is 2.30. The molecule has 19 heavy (non-hydrogen) atoms. The lowest BCUT2D eigenvalue weighted by molar-refractivity contribution is 0.374. The van der Waals surface area contributed by atoms with E-state index in [9.17, 15) is 5.11 Å². The van der Waals surface area contributed by atoms with Crippen LogP contribution in [-0.2, 0) is 0 Å². The number of methoxy groups -OCH3 is 1. The van der Waals surface area contributed by atoms with Crippen LogP contribution in [0.15, 0.2) is 24.4 Å². The zero-order valence-electron chi connectivity index (χ0n) is 9.95. The summed E-state index contributed by atoms with van der Waals surface area (Å²) >= 11 is 0. The highest BCUT2D eigenvalue weighted by atomic mass is 16.5. The minimum Gasteiger partial charge on any atom is -0.503 e. The molecule has 0 amide bonds. The molecule has 0 unspecified atom stereocenters. The molecule has 8 heteroatoms. The molecule has 0 aliphatic rings. The second kappa shape index (κ2) is 5.50. The Hall–Kier alpha value is -3.08. The lowest BCUT2D eigenvalue weighted by Gasteiger charge is -2.08. The maximum Gasteiger partial charge on any atom is 0.216 e. The summed E-state index contributed by atoms with van der Waals surface area (Å²) in [7, 11) is 1.45. The summed E-state index contributed by atoms with van der Waals surface area (Å²) in [5.74, 6) is 0.445. The predicted molar refractivity (Wildman–Crippen MR) is 66.0 cm³/mol. The largest absolute Gasteiger partial charge is 0.503 e. The molecule has 2 rings (SSSR count). The number of benzene rings is 1. The van der Waals surface area contributed by atoms with E-state index >= 15 is 0 Å². The van der Waals surface area contributed by atoms with Gasteiger partial charge in [-0.05, 0) is 17.3 Å². The van der Waals surface area contributed by atoms with Crippen molar-refractivity contribution in [3.05, 3.63) is 30.2 Å². The SMILES string of the molecule is COc1cccc(NC=C(C#N)c2nn[nH]n2)c1O. The number of ether oxygens (including phenoxy) is 1. The number of para-hydroxylation sites is 1. The van der Waals surface area contributed by atoms with Crippen LogP contribution in [0.3, 0.4) is 0 Å². The first-order valence-electron chi connectivity index (χ1n) is 5.23. The molecule has 1 heterocycles. The molecule has 0 saturated heterocycles. The van der Waals surface area contributed by atoms with Crippen LogP contribution in [0.4, 0.5) is 5.69 Å². The second-order valence-electron chi connectivity index (χ2n) is 3.41. The summed E-state index contributed by atoms with van der Waals surface area (Å²) in [5.41, 5.74) is 0.576. The Bertz CT molecular complexity index is 629. The summed E-state index contributed by atoms with van der Waals surface area (Å²) in [6.45, 7) is 0. The fourth-order valence-corrected chi connectivity index (χ4v) is 1.38. The molecule has 0 atom stereocenters. The molecule has 0 aliphatic heterocycles. The number of hydrogen-bond acceptors (Lipinski definition) is 7. The molecule has 8 nitrogen and oxygen atoms in total. The van der Waals surface area contributed by atoms with Crippen molar-refractivity contribution < 1.29 is 9.84 Å². The molecule has 3 N–H and O–H groups in total. The van der Waals surface area contributed by atoms with Crippen LogP contribution < -0.4 is 10.1 Å². The number of nitrogens with one attached hydrogen (secondary N) is 2. The van der Waals surface area contributed by atoms with E-state index in [4.69, 9.17) is 10.00 Å². The van der Waals surface area contributed by atoms with Gasteiger partial charge >= 0.3 is 0 Å². The van der Waals surface area contributed by atoms with Gasteiger partial charge in [0.15, 0.2) is 11.5 Å². The number of phenolic OH excluding ortho intramolecular Hbond substituents is 1. The van der Waals surface area contributed by atoms with E-state index < -0.39 is 0 Å². The first-order chi connectivity index (χ1) is 9.26.